The van der Waals surface area contributed by atoms with Gasteiger partial charge in [0.05, 0.1) is 6.61 Å². The lowest BCUT2D eigenvalue weighted by atomic mass is 9.88. The van der Waals surface area contributed by atoms with Gasteiger partial charge in [0.15, 0.2) is 0 Å². The van der Waals surface area contributed by atoms with E-state index in [1.54, 1.807) is 12.1 Å². The molecule has 22 heavy (non-hydrogen) atoms. The van der Waals surface area contributed by atoms with Gasteiger partial charge in [-0.2, -0.15) is 0 Å². The number of allylic oxidation sites excluding steroid dienone is 1. The smallest absolute Gasteiger partial charge is 0.119 e. The van der Waals surface area contributed by atoms with Crippen LogP contribution in [0.1, 0.15) is 58.1 Å². The number of phenolic OH excluding ortho intramolecular Hbond substituents is 1. The van der Waals surface area contributed by atoms with Crippen LogP contribution in [0, 0.1) is 0 Å². The summed E-state index contributed by atoms with van der Waals surface area (Å²) in [5, 5.41) is 19.5. The van der Waals surface area contributed by atoms with Gasteiger partial charge in [0, 0.05) is 23.6 Å². The van der Waals surface area contributed by atoms with Crippen molar-refractivity contribution in [3.8, 4) is 5.75 Å². The summed E-state index contributed by atoms with van der Waals surface area (Å²) < 4.78 is 0. The number of aliphatic hydroxyl groups excluding tert-OH is 1. The molecule has 0 radical (unpaired) electrons. The molecule has 1 rings (SSSR count). The fourth-order valence-corrected chi connectivity index (χ4v) is 3.04. The summed E-state index contributed by atoms with van der Waals surface area (Å²) in [7, 11) is 0. The van der Waals surface area contributed by atoms with E-state index in [2.05, 4.69) is 39.2 Å². The highest BCUT2D eigenvalue weighted by Gasteiger charge is 2.20. The van der Waals surface area contributed by atoms with Crippen LogP contribution in [0.3, 0.4) is 0 Å². The quantitative estimate of drug-likeness (QED) is 0.712. The summed E-state index contributed by atoms with van der Waals surface area (Å²) in [5.41, 5.74) is 2.73. The third-order valence-corrected chi connectivity index (χ3v) is 4.25. The first-order chi connectivity index (χ1) is 10.3. The molecule has 0 heterocycles. The number of benzene rings is 1. The van der Waals surface area contributed by atoms with E-state index < -0.39 is 0 Å². The van der Waals surface area contributed by atoms with Crippen LogP contribution < -0.4 is 0 Å². The summed E-state index contributed by atoms with van der Waals surface area (Å²) in [6, 6.07) is 6.29. The standard InChI is InChI=1S/C19H31NO2/c1-13(2)17(9-10-20(14(3)4)15(5)6)18-11-16(12-21)7-8-19(18)22/h7-8,11,14-15,17,21-22H,1,9-10,12H2,2-6H3/t17-/m1/s1. The zero-order chi connectivity index (χ0) is 16.9. The van der Waals surface area contributed by atoms with Crippen molar-refractivity contribution >= 4 is 0 Å². The largest absolute Gasteiger partial charge is 0.508 e. The minimum atomic E-state index is -0.0136. The number of aliphatic hydroxyl groups is 1. The Bertz CT molecular complexity index is 486. The second-order valence-corrected chi connectivity index (χ2v) is 6.66. The molecular weight excluding hydrogens is 274 g/mol. The van der Waals surface area contributed by atoms with E-state index in [0.29, 0.717) is 12.1 Å². The number of aromatic hydroxyl groups is 1. The Balaban J connectivity index is 2.97. The molecule has 0 spiro atoms. The van der Waals surface area contributed by atoms with Gasteiger partial charge >= 0.3 is 0 Å². The molecule has 0 fully saturated rings. The van der Waals surface area contributed by atoms with Crippen molar-refractivity contribution in [2.45, 2.75) is 65.6 Å². The molecule has 0 unspecified atom stereocenters. The highest BCUT2D eigenvalue weighted by Crippen LogP contribution is 2.34. The number of hydrogen-bond acceptors (Lipinski definition) is 3. The molecule has 1 aromatic rings. The molecule has 1 aromatic carbocycles. The first kappa shape index (κ1) is 18.7. The van der Waals surface area contributed by atoms with Gasteiger partial charge in [-0.25, -0.2) is 0 Å². The van der Waals surface area contributed by atoms with E-state index in [4.69, 9.17) is 0 Å². The second-order valence-electron chi connectivity index (χ2n) is 6.66. The van der Waals surface area contributed by atoms with Gasteiger partial charge in [0.2, 0.25) is 0 Å². The topological polar surface area (TPSA) is 43.7 Å². The summed E-state index contributed by atoms with van der Waals surface area (Å²) in [5.74, 6) is 0.386. The highest BCUT2D eigenvalue weighted by atomic mass is 16.3. The van der Waals surface area contributed by atoms with Gasteiger partial charge in [0.25, 0.3) is 0 Å². The highest BCUT2D eigenvalue weighted by molar-refractivity contribution is 5.41. The van der Waals surface area contributed by atoms with Crippen molar-refractivity contribution in [2.24, 2.45) is 0 Å². The minimum absolute atomic E-state index is 0.0136. The fourth-order valence-electron chi connectivity index (χ4n) is 3.04. The SMILES string of the molecule is C=C(C)[C@@H](CCN(C(C)C)C(C)C)c1cc(CO)ccc1O. The van der Waals surface area contributed by atoms with Gasteiger partial charge in [0.1, 0.15) is 5.75 Å². The molecule has 0 aliphatic carbocycles. The van der Waals surface area contributed by atoms with Crippen LogP contribution in [-0.2, 0) is 6.61 Å². The van der Waals surface area contributed by atoms with E-state index in [1.807, 2.05) is 13.0 Å². The number of nitrogens with zero attached hydrogens (tertiary/aromatic N) is 1. The Morgan fingerprint density at radius 3 is 2.23 bits per heavy atom. The molecule has 1 atom stereocenters. The Morgan fingerprint density at radius 1 is 1.18 bits per heavy atom. The lowest BCUT2D eigenvalue weighted by Crippen LogP contribution is -2.38. The number of phenols is 1. The Labute approximate surface area is 135 Å². The predicted octanol–water partition coefficient (Wildman–Crippen LogP) is 4.05. The monoisotopic (exact) mass is 305 g/mol. The first-order valence-corrected chi connectivity index (χ1v) is 8.11. The van der Waals surface area contributed by atoms with Crippen molar-refractivity contribution in [1.82, 2.24) is 4.90 Å². The maximum absolute atomic E-state index is 10.2. The molecule has 2 N–H and O–H groups in total. The molecule has 0 saturated carbocycles. The summed E-state index contributed by atoms with van der Waals surface area (Å²) in [6.07, 6.45) is 0.911. The Morgan fingerprint density at radius 2 is 1.77 bits per heavy atom. The van der Waals surface area contributed by atoms with Crippen molar-refractivity contribution in [3.63, 3.8) is 0 Å². The number of rotatable bonds is 8. The Kier molecular flexibility index (Phi) is 7.11. The zero-order valence-electron chi connectivity index (χ0n) is 14.6. The van der Waals surface area contributed by atoms with Crippen LogP contribution in [0.15, 0.2) is 30.4 Å². The average Bonchev–Trinajstić information content (AvgIpc) is 2.43. The van der Waals surface area contributed by atoms with Gasteiger partial charge in [-0.1, -0.05) is 18.2 Å². The third kappa shape index (κ3) is 4.85. The van der Waals surface area contributed by atoms with Crippen LogP contribution >= 0.6 is 0 Å². The third-order valence-electron chi connectivity index (χ3n) is 4.25. The molecule has 0 aliphatic rings. The average molecular weight is 305 g/mol. The molecular formula is C19H31NO2. The first-order valence-electron chi connectivity index (χ1n) is 8.11. The fraction of sp³-hybridized carbons (Fsp3) is 0.579. The van der Waals surface area contributed by atoms with Gasteiger partial charge in [-0.3, -0.25) is 4.90 Å². The lowest BCUT2D eigenvalue weighted by molar-refractivity contribution is 0.170. The van der Waals surface area contributed by atoms with Crippen LogP contribution in [0.5, 0.6) is 5.75 Å². The van der Waals surface area contributed by atoms with Crippen molar-refractivity contribution in [2.75, 3.05) is 6.54 Å². The molecule has 3 heteroatoms. The molecule has 0 aliphatic heterocycles. The molecule has 0 saturated heterocycles. The lowest BCUT2D eigenvalue weighted by Gasteiger charge is -2.32. The van der Waals surface area contributed by atoms with Crippen molar-refractivity contribution in [3.05, 3.63) is 41.5 Å². The second kappa shape index (κ2) is 8.35. The van der Waals surface area contributed by atoms with Crippen LogP contribution in [0.25, 0.3) is 0 Å². The summed E-state index contributed by atoms with van der Waals surface area (Å²) in [4.78, 5) is 2.45. The normalized spacial score (nSPS) is 13.1. The van der Waals surface area contributed by atoms with Crippen LogP contribution in [0.4, 0.5) is 0 Å². The summed E-state index contributed by atoms with van der Waals surface area (Å²) >= 11 is 0. The van der Waals surface area contributed by atoms with E-state index in [-0.39, 0.29) is 18.3 Å². The predicted molar refractivity (Wildman–Crippen MR) is 93.2 cm³/mol. The minimum Gasteiger partial charge on any atom is -0.508 e. The van der Waals surface area contributed by atoms with Crippen molar-refractivity contribution < 1.29 is 10.2 Å². The maximum Gasteiger partial charge on any atom is 0.119 e. The molecule has 0 aromatic heterocycles. The van der Waals surface area contributed by atoms with E-state index >= 15 is 0 Å². The molecule has 124 valence electrons. The summed E-state index contributed by atoms with van der Waals surface area (Å²) in [6.45, 7) is 15.9. The van der Waals surface area contributed by atoms with E-state index in [0.717, 1.165) is 29.7 Å². The molecule has 3 nitrogen and oxygen atoms in total. The van der Waals surface area contributed by atoms with E-state index in [9.17, 15) is 10.2 Å². The van der Waals surface area contributed by atoms with Gasteiger partial charge < -0.3 is 10.2 Å². The van der Waals surface area contributed by atoms with Gasteiger partial charge in [-0.15, -0.1) is 0 Å². The van der Waals surface area contributed by atoms with Crippen LogP contribution in [-0.4, -0.2) is 33.7 Å². The molecule has 0 amide bonds. The molecule has 0 bridgehead atoms. The van der Waals surface area contributed by atoms with Gasteiger partial charge in [-0.05, 0) is 65.3 Å². The maximum atomic E-state index is 10.2. The van der Waals surface area contributed by atoms with E-state index in [1.165, 1.54) is 0 Å². The Hall–Kier alpha value is -1.32. The number of hydrogen-bond donors (Lipinski definition) is 2. The van der Waals surface area contributed by atoms with Crippen LogP contribution in [0.2, 0.25) is 0 Å². The zero-order valence-corrected chi connectivity index (χ0v) is 14.6. The van der Waals surface area contributed by atoms with Crippen molar-refractivity contribution in [1.29, 1.82) is 0 Å².